The third-order valence-electron chi connectivity index (χ3n) is 10.0. The smallest absolute Gasteiger partial charge is 0.133 e. The Bertz CT molecular complexity index is 603. The number of carbonyl (C=O) groups excluding carboxylic acids is 1. The lowest BCUT2D eigenvalue weighted by Gasteiger charge is -2.62. The summed E-state index contributed by atoms with van der Waals surface area (Å²) in [5, 5.41) is 11.2. The molecule has 3 nitrogen and oxygen atoms in total. The van der Waals surface area contributed by atoms with Gasteiger partial charge in [0.1, 0.15) is 5.78 Å². The highest BCUT2D eigenvalue weighted by Gasteiger charge is 2.61. The van der Waals surface area contributed by atoms with Crippen LogP contribution < -0.4 is 0 Å². The molecule has 8 atom stereocenters. The third-order valence-corrected chi connectivity index (χ3v) is 10.0. The van der Waals surface area contributed by atoms with Gasteiger partial charge in [-0.05, 0) is 106 Å². The van der Waals surface area contributed by atoms with E-state index in [1.54, 1.807) is 0 Å². The van der Waals surface area contributed by atoms with E-state index in [-0.39, 0.29) is 5.41 Å². The average molecular weight is 391 g/mol. The highest BCUT2D eigenvalue weighted by atomic mass is 16.5. The van der Waals surface area contributed by atoms with Crippen LogP contribution in [-0.4, -0.2) is 29.7 Å². The summed E-state index contributed by atoms with van der Waals surface area (Å²) in [6.07, 6.45) is 11.4. The number of Topliss-reactive ketones (excluding diaryl/α,β-unsaturated/α-hetero) is 1. The van der Waals surface area contributed by atoms with Gasteiger partial charge in [0.2, 0.25) is 0 Å². The normalized spacial score (nSPS) is 50.5. The van der Waals surface area contributed by atoms with Crippen LogP contribution in [0.4, 0.5) is 0 Å². The Morgan fingerprint density at radius 1 is 1.00 bits per heavy atom. The maximum Gasteiger partial charge on any atom is 0.133 e. The molecule has 0 aromatic heterocycles. The second kappa shape index (κ2) is 7.38. The number of ether oxygens (including phenoxy) is 1. The summed E-state index contributed by atoms with van der Waals surface area (Å²) in [6, 6.07) is 0. The van der Waals surface area contributed by atoms with E-state index in [0.717, 1.165) is 56.5 Å². The molecule has 0 aliphatic heterocycles. The fraction of sp³-hybridized carbons (Fsp3) is 0.960. The third kappa shape index (κ3) is 3.20. The molecule has 0 spiro atoms. The van der Waals surface area contributed by atoms with Gasteiger partial charge in [-0.2, -0.15) is 0 Å². The van der Waals surface area contributed by atoms with E-state index >= 15 is 0 Å². The van der Waals surface area contributed by atoms with Gasteiger partial charge in [0.05, 0.1) is 12.2 Å². The van der Waals surface area contributed by atoms with Gasteiger partial charge in [-0.25, -0.2) is 0 Å². The Kier molecular flexibility index (Phi) is 5.49. The van der Waals surface area contributed by atoms with Crippen molar-refractivity contribution >= 4 is 5.78 Å². The highest BCUT2D eigenvalue weighted by molar-refractivity contribution is 5.79. The fourth-order valence-corrected chi connectivity index (χ4v) is 8.53. The lowest BCUT2D eigenvalue weighted by molar-refractivity contribution is -0.166. The van der Waals surface area contributed by atoms with Crippen molar-refractivity contribution in [1.29, 1.82) is 0 Å². The van der Waals surface area contributed by atoms with Crippen LogP contribution in [0.25, 0.3) is 0 Å². The molecule has 160 valence electrons. The summed E-state index contributed by atoms with van der Waals surface area (Å²) in [5.41, 5.74) is 0.0115. The van der Waals surface area contributed by atoms with Gasteiger partial charge in [-0.1, -0.05) is 20.8 Å². The van der Waals surface area contributed by atoms with Gasteiger partial charge in [-0.3, -0.25) is 4.79 Å². The Morgan fingerprint density at radius 3 is 2.46 bits per heavy atom. The Hall–Kier alpha value is -0.410. The van der Waals surface area contributed by atoms with Gasteiger partial charge >= 0.3 is 0 Å². The lowest BCUT2D eigenvalue weighted by atomic mass is 9.44. The van der Waals surface area contributed by atoms with Crippen LogP contribution in [0.2, 0.25) is 0 Å². The van der Waals surface area contributed by atoms with Crippen molar-refractivity contribution in [2.75, 3.05) is 13.2 Å². The molecule has 1 N–H and O–H groups in total. The molecular weight excluding hydrogens is 348 g/mol. The number of rotatable bonds is 5. The average Bonchev–Trinajstić information content (AvgIpc) is 3.00. The van der Waals surface area contributed by atoms with E-state index in [1.807, 2.05) is 6.92 Å². The first-order valence-electron chi connectivity index (χ1n) is 12.0. The van der Waals surface area contributed by atoms with Crippen LogP contribution in [0.3, 0.4) is 0 Å². The first-order valence-corrected chi connectivity index (χ1v) is 12.0. The SMILES string of the molecule is CCCOCC1(O)CC[C@@]2(C)C(CC[C@H]3[C@@H]4CC[C@H](C(C)=O)[C@@]4(C)CC[C@@H]32)C1. The molecule has 0 bridgehead atoms. The predicted octanol–water partition coefficient (Wildman–Crippen LogP) is 5.39. The standard InChI is InChI=1S/C25H42O3/c1-5-14-28-16-25(27)13-12-23(3)18(15-25)6-7-19-21-9-8-20(17(2)26)24(21,4)11-10-22(19)23/h18-22,27H,5-16H2,1-4H3/t18?,19-,20+,21-,22-,23-,24+,25?/m0/s1. The van der Waals surface area contributed by atoms with Gasteiger partial charge in [0, 0.05) is 12.5 Å². The fourth-order valence-electron chi connectivity index (χ4n) is 8.53. The van der Waals surface area contributed by atoms with Crippen molar-refractivity contribution in [2.45, 2.75) is 97.5 Å². The Labute approximate surface area is 172 Å². The summed E-state index contributed by atoms with van der Waals surface area (Å²) in [5.74, 6) is 3.69. The summed E-state index contributed by atoms with van der Waals surface area (Å²) < 4.78 is 5.77. The minimum atomic E-state index is -0.609. The van der Waals surface area contributed by atoms with Gasteiger partial charge in [0.15, 0.2) is 0 Å². The number of carbonyl (C=O) groups is 1. The molecule has 0 heterocycles. The second-order valence-corrected chi connectivity index (χ2v) is 11.4. The topological polar surface area (TPSA) is 46.5 Å². The highest BCUT2D eigenvalue weighted by Crippen LogP contribution is 2.68. The molecule has 0 aromatic carbocycles. The van der Waals surface area contributed by atoms with Crippen molar-refractivity contribution in [3.63, 3.8) is 0 Å². The molecular formula is C25H42O3. The summed E-state index contributed by atoms with van der Waals surface area (Å²) in [4.78, 5) is 12.3. The van der Waals surface area contributed by atoms with E-state index in [1.165, 1.54) is 32.1 Å². The van der Waals surface area contributed by atoms with Crippen LogP contribution in [0.1, 0.15) is 91.9 Å². The number of hydrogen-bond donors (Lipinski definition) is 1. The summed E-state index contributed by atoms with van der Waals surface area (Å²) in [7, 11) is 0. The first-order chi connectivity index (χ1) is 13.2. The van der Waals surface area contributed by atoms with Crippen molar-refractivity contribution < 1.29 is 14.6 Å². The van der Waals surface area contributed by atoms with Crippen molar-refractivity contribution in [1.82, 2.24) is 0 Å². The van der Waals surface area contributed by atoms with Gasteiger partial charge in [-0.15, -0.1) is 0 Å². The maximum atomic E-state index is 12.3. The molecule has 2 unspecified atom stereocenters. The zero-order chi connectivity index (χ0) is 20.2. The molecule has 4 saturated carbocycles. The summed E-state index contributed by atoms with van der Waals surface area (Å²) >= 11 is 0. The van der Waals surface area contributed by atoms with Crippen LogP contribution >= 0.6 is 0 Å². The zero-order valence-corrected chi connectivity index (χ0v) is 18.6. The van der Waals surface area contributed by atoms with Crippen LogP contribution in [0.5, 0.6) is 0 Å². The minimum absolute atomic E-state index is 0.250. The summed E-state index contributed by atoms with van der Waals surface area (Å²) in [6.45, 7) is 10.2. The second-order valence-electron chi connectivity index (χ2n) is 11.4. The number of aliphatic hydroxyl groups is 1. The van der Waals surface area contributed by atoms with Crippen LogP contribution in [0, 0.1) is 40.4 Å². The molecule has 0 amide bonds. The van der Waals surface area contributed by atoms with Gasteiger partial charge in [0.25, 0.3) is 0 Å². The number of ketones is 1. The van der Waals surface area contributed by atoms with Gasteiger partial charge < -0.3 is 9.84 Å². The molecule has 4 aliphatic rings. The maximum absolute atomic E-state index is 12.3. The molecule has 4 fully saturated rings. The largest absolute Gasteiger partial charge is 0.387 e. The van der Waals surface area contributed by atoms with E-state index in [4.69, 9.17) is 4.74 Å². The number of fused-ring (bicyclic) bond motifs is 5. The number of hydrogen-bond acceptors (Lipinski definition) is 3. The van der Waals surface area contributed by atoms with Crippen LogP contribution in [0.15, 0.2) is 0 Å². The van der Waals surface area contributed by atoms with E-state index in [0.29, 0.717) is 29.6 Å². The van der Waals surface area contributed by atoms with E-state index in [2.05, 4.69) is 20.8 Å². The van der Waals surface area contributed by atoms with Crippen molar-refractivity contribution in [3.8, 4) is 0 Å². The zero-order valence-electron chi connectivity index (χ0n) is 18.6. The molecule has 0 saturated heterocycles. The Balaban J connectivity index is 1.50. The van der Waals surface area contributed by atoms with Crippen molar-refractivity contribution in [2.24, 2.45) is 40.4 Å². The first kappa shape index (κ1) is 20.8. The Morgan fingerprint density at radius 2 is 1.75 bits per heavy atom. The monoisotopic (exact) mass is 390 g/mol. The molecule has 0 radical (unpaired) electrons. The van der Waals surface area contributed by atoms with Crippen LogP contribution in [-0.2, 0) is 9.53 Å². The quantitative estimate of drug-likeness (QED) is 0.640. The molecule has 28 heavy (non-hydrogen) atoms. The molecule has 0 aromatic rings. The minimum Gasteiger partial charge on any atom is -0.387 e. The predicted molar refractivity (Wildman–Crippen MR) is 112 cm³/mol. The van der Waals surface area contributed by atoms with Crippen molar-refractivity contribution in [3.05, 3.63) is 0 Å². The van der Waals surface area contributed by atoms with E-state index in [9.17, 15) is 9.90 Å². The molecule has 4 aliphatic carbocycles. The lowest BCUT2D eigenvalue weighted by Crippen LogP contribution is -2.56. The molecule has 4 rings (SSSR count). The van der Waals surface area contributed by atoms with E-state index < -0.39 is 5.60 Å². The molecule has 3 heteroatoms.